The molecule has 0 aromatic rings. The molecule has 2 nitrogen and oxygen atoms in total. The monoisotopic (exact) mass is 203 g/mol. The molecule has 0 aliphatic rings. The summed E-state index contributed by atoms with van der Waals surface area (Å²) in [6.07, 6.45) is 0. The zero-order valence-corrected chi connectivity index (χ0v) is 7.64. The van der Waals surface area contributed by atoms with Crippen molar-refractivity contribution in [1.82, 2.24) is 0 Å². The Morgan fingerprint density at radius 2 is 1.33 bits per heavy atom. The topological polar surface area (TPSA) is 47.6 Å². The number of rotatable bonds is 0. The summed E-state index contributed by atoms with van der Waals surface area (Å²) in [5.41, 5.74) is 0. The maximum atomic E-state index is 8.30. The summed E-state index contributed by atoms with van der Waals surface area (Å²) >= 11 is 16.1. The number of halogens is 3. The molecule has 0 aliphatic heterocycles. The molecule has 0 aliphatic carbocycles. The van der Waals surface area contributed by atoms with Crippen LogP contribution in [0.5, 0.6) is 0 Å². The number of hydrogen-bond donors (Lipinski definition) is 0. The SMILES string of the molecule is C[P-](Cl)(Cl)(Cl)(C#N)C#N. The third-order valence-corrected chi connectivity index (χ3v) is 2.94. The average Bonchev–Trinajstić information content (AvgIpc) is 1.67. The van der Waals surface area contributed by atoms with E-state index < -0.39 is 4.00 Å². The van der Waals surface area contributed by atoms with Crippen LogP contribution in [0, 0.1) is 22.1 Å². The van der Waals surface area contributed by atoms with Gasteiger partial charge in [0.1, 0.15) is 0 Å². The van der Waals surface area contributed by atoms with Gasteiger partial charge in [0.15, 0.2) is 0 Å². The number of hydrogen-bond acceptors (Lipinski definition) is 2. The van der Waals surface area contributed by atoms with E-state index in [1.807, 2.05) is 0 Å². The van der Waals surface area contributed by atoms with Gasteiger partial charge in [-0.25, -0.2) is 0 Å². The van der Waals surface area contributed by atoms with Crippen LogP contribution >= 0.6 is 37.7 Å². The Labute approximate surface area is 66.8 Å². The van der Waals surface area contributed by atoms with E-state index in [9.17, 15) is 0 Å². The van der Waals surface area contributed by atoms with Crippen LogP contribution in [0.15, 0.2) is 0 Å². The van der Waals surface area contributed by atoms with Gasteiger partial charge in [0, 0.05) is 0 Å². The molecule has 0 unspecified atom stereocenters. The van der Waals surface area contributed by atoms with Crippen molar-refractivity contribution in [3.63, 3.8) is 0 Å². The molecule has 0 rings (SSSR count). The first-order valence-electron chi connectivity index (χ1n) is 1.85. The molecule has 0 saturated heterocycles. The Balaban J connectivity index is 5.30. The van der Waals surface area contributed by atoms with Crippen molar-refractivity contribution in [3.8, 4) is 11.6 Å². The number of nitriles is 2. The summed E-state index contributed by atoms with van der Waals surface area (Å²) in [5.74, 6) is 2.83. The van der Waals surface area contributed by atoms with Crippen LogP contribution in [0.25, 0.3) is 0 Å². The fraction of sp³-hybridized carbons (Fsp3) is 0.333. The molecule has 0 bridgehead atoms. The molecular formula is C3H3Cl3N2P-. The van der Waals surface area contributed by atoms with Gasteiger partial charge < -0.3 is 0 Å². The standard InChI is InChI=1S/C3H3Cl3N2P/c1-9(4,5,6,2-7)3-8/h1H3/q-1. The van der Waals surface area contributed by atoms with Crippen molar-refractivity contribution in [2.24, 2.45) is 0 Å². The first kappa shape index (κ1) is 9.28. The van der Waals surface area contributed by atoms with Crippen molar-refractivity contribution in [3.05, 3.63) is 0 Å². The molecule has 9 heavy (non-hydrogen) atoms. The van der Waals surface area contributed by atoms with E-state index in [-0.39, 0.29) is 0 Å². The Morgan fingerprint density at radius 3 is 1.33 bits per heavy atom. The third-order valence-electron chi connectivity index (χ3n) is 0.527. The zero-order valence-electron chi connectivity index (χ0n) is 4.48. The Bertz CT molecular complexity index is 203. The van der Waals surface area contributed by atoms with Crippen LogP contribution < -0.4 is 0 Å². The van der Waals surface area contributed by atoms with Crippen molar-refractivity contribution in [1.29, 1.82) is 10.5 Å². The predicted octanol–water partition coefficient (Wildman–Crippen LogP) is 3.13. The Morgan fingerprint density at radius 1 is 1.11 bits per heavy atom. The van der Waals surface area contributed by atoms with Crippen molar-refractivity contribution in [2.45, 2.75) is 0 Å². The molecule has 0 N–H and O–H groups in total. The molecule has 0 aromatic heterocycles. The van der Waals surface area contributed by atoms with Gasteiger partial charge in [-0.15, -0.1) is 0 Å². The van der Waals surface area contributed by atoms with Gasteiger partial charge in [0.25, 0.3) is 0 Å². The second-order valence-corrected chi connectivity index (χ2v) is 16.6. The number of nitrogens with zero attached hydrogens (tertiary/aromatic N) is 2. The van der Waals surface area contributed by atoms with Crippen LogP contribution in [0.2, 0.25) is 0 Å². The van der Waals surface area contributed by atoms with E-state index in [1.54, 1.807) is 0 Å². The first-order valence-corrected chi connectivity index (χ1v) is 7.69. The summed E-state index contributed by atoms with van der Waals surface area (Å²) in [7, 11) is 0. The second kappa shape index (κ2) is 1.47. The molecule has 52 valence electrons. The third kappa shape index (κ3) is 3.09. The summed E-state index contributed by atoms with van der Waals surface area (Å²) < 4.78 is -4.70. The Kier molecular flexibility index (Phi) is 1.52. The summed E-state index contributed by atoms with van der Waals surface area (Å²) in [6.45, 7) is 1.05. The van der Waals surface area contributed by atoms with E-state index in [4.69, 9.17) is 44.2 Å². The molecular weight excluding hydrogens is 201 g/mol. The van der Waals surface area contributed by atoms with Crippen LogP contribution in [0.1, 0.15) is 0 Å². The molecule has 0 radical (unpaired) electrons. The van der Waals surface area contributed by atoms with E-state index in [0.29, 0.717) is 0 Å². The van der Waals surface area contributed by atoms with E-state index in [0.717, 1.165) is 6.66 Å². The molecule has 0 saturated carbocycles. The van der Waals surface area contributed by atoms with Gasteiger partial charge >= 0.3 is 66.5 Å². The summed E-state index contributed by atoms with van der Waals surface area (Å²) in [4.78, 5) is 0. The van der Waals surface area contributed by atoms with Crippen LogP contribution in [0.3, 0.4) is 0 Å². The quantitative estimate of drug-likeness (QED) is 0.569. The first-order chi connectivity index (χ1) is 3.62. The van der Waals surface area contributed by atoms with Crippen LogP contribution in [-0.2, 0) is 0 Å². The van der Waals surface area contributed by atoms with Crippen LogP contribution in [-0.4, -0.2) is 6.66 Å². The molecule has 0 atom stereocenters. The Hall–Kier alpha value is 0.280. The maximum absolute atomic E-state index is 8.30. The summed E-state index contributed by atoms with van der Waals surface area (Å²) in [6, 6.07) is 0. The van der Waals surface area contributed by atoms with Gasteiger partial charge in [0.2, 0.25) is 0 Å². The minimum atomic E-state index is -4.70. The van der Waals surface area contributed by atoms with Gasteiger partial charge in [0.05, 0.1) is 0 Å². The molecule has 0 fully saturated rings. The van der Waals surface area contributed by atoms with E-state index in [2.05, 4.69) is 0 Å². The molecule has 6 heteroatoms. The van der Waals surface area contributed by atoms with Gasteiger partial charge in [-0.05, 0) is 0 Å². The molecule has 0 heterocycles. The average molecular weight is 204 g/mol. The van der Waals surface area contributed by atoms with Gasteiger partial charge in [-0.1, -0.05) is 0 Å². The minimum absolute atomic E-state index is 1.05. The fourth-order valence-electron chi connectivity index (χ4n) is 0.0224. The van der Waals surface area contributed by atoms with Crippen molar-refractivity contribution >= 4 is 37.7 Å². The van der Waals surface area contributed by atoms with Crippen LogP contribution in [0.4, 0.5) is 0 Å². The van der Waals surface area contributed by atoms with Crippen molar-refractivity contribution in [2.75, 3.05) is 6.66 Å². The second-order valence-electron chi connectivity index (χ2n) is 1.96. The molecule has 0 aromatic carbocycles. The normalized spacial score (nSPS) is 18.4. The molecule has 0 spiro atoms. The predicted molar refractivity (Wildman–Crippen MR) is 41.6 cm³/mol. The van der Waals surface area contributed by atoms with E-state index >= 15 is 0 Å². The fourth-order valence-corrected chi connectivity index (χ4v) is 0.0671. The molecule has 0 amide bonds. The van der Waals surface area contributed by atoms with Gasteiger partial charge in [-0.2, -0.15) is 0 Å². The van der Waals surface area contributed by atoms with Crippen molar-refractivity contribution < 1.29 is 0 Å². The summed E-state index contributed by atoms with van der Waals surface area (Å²) in [5, 5.41) is 16.6. The van der Waals surface area contributed by atoms with E-state index in [1.165, 1.54) is 11.6 Å². The zero-order chi connectivity index (χ0) is 7.82. The van der Waals surface area contributed by atoms with Gasteiger partial charge in [-0.3, -0.25) is 0 Å².